The summed E-state index contributed by atoms with van der Waals surface area (Å²) in [6.45, 7) is -0.399. The molecule has 0 aliphatic carbocycles. The Kier molecular flexibility index (Phi) is 6.95. The number of nitrogens with two attached hydrogens (primary N) is 1. The molecule has 168 valence electrons. The fourth-order valence-electron chi connectivity index (χ4n) is 2.83. The van der Waals surface area contributed by atoms with Gasteiger partial charge in [0.2, 0.25) is 0 Å². The highest BCUT2D eigenvalue weighted by Gasteiger charge is 2.38. The number of anilines is 1. The molecule has 5 N–H and O–H groups in total. The van der Waals surface area contributed by atoms with Crippen molar-refractivity contribution in [3.05, 3.63) is 40.4 Å². The number of thiazole rings is 1. The smallest absolute Gasteiger partial charge is 0.534 e. The number of aromatic carboxylic acids is 1. The molecule has 0 radical (unpaired) electrons. The van der Waals surface area contributed by atoms with Crippen LogP contribution in [0.3, 0.4) is 0 Å². The van der Waals surface area contributed by atoms with Crippen LogP contribution in [-0.4, -0.2) is 77.3 Å². The Labute approximate surface area is 186 Å². The molecule has 0 spiro atoms. The van der Waals surface area contributed by atoms with Crippen molar-refractivity contribution in [3.63, 3.8) is 0 Å². The van der Waals surface area contributed by atoms with Gasteiger partial charge in [0, 0.05) is 19.5 Å². The van der Waals surface area contributed by atoms with E-state index in [1.54, 1.807) is 26.2 Å². The van der Waals surface area contributed by atoms with Gasteiger partial charge < -0.3 is 35.6 Å². The number of carbonyl (C=O) groups is 3. The maximum atomic E-state index is 12.9. The Morgan fingerprint density at radius 1 is 1.44 bits per heavy atom. The first kappa shape index (κ1) is 23.0. The van der Waals surface area contributed by atoms with E-state index in [9.17, 15) is 24.5 Å². The van der Waals surface area contributed by atoms with Crippen LogP contribution < -0.4 is 15.7 Å². The summed E-state index contributed by atoms with van der Waals surface area (Å²) >= 11 is 1.08. The maximum absolute atomic E-state index is 12.9. The second kappa shape index (κ2) is 9.66. The number of rotatable bonds is 7. The van der Waals surface area contributed by atoms with Crippen molar-refractivity contribution in [3.8, 4) is 5.75 Å². The van der Waals surface area contributed by atoms with E-state index in [1.807, 2.05) is 0 Å². The summed E-state index contributed by atoms with van der Waals surface area (Å²) in [5.41, 5.74) is 5.93. The molecular weight excluding hydrogens is 441 g/mol. The summed E-state index contributed by atoms with van der Waals surface area (Å²) in [6, 6.07) is 4.54. The van der Waals surface area contributed by atoms with E-state index in [1.165, 1.54) is 16.3 Å². The first-order valence-electron chi connectivity index (χ1n) is 9.29. The SMILES string of the molecule is CN(C)C(=O)CO/N=C(\C(=O)N[C@H]1Cc2cccc(C(=O)O)c2OB1O)c1csc(N)n1. The molecule has 0 saturated heterocycles. The number of amides is 2. The lowest BCUT2D eigenvalue weighted by molar-refractivity contribution is -0.133. The van der Waals surface area contributed by atoms with E-state index in [4.69, 9.17) is 15.2 Å². The summed E-state index contributed by atoms with van der Waals surface area (Å²) in [5.74, 6) is -3.18. The van der Waals surface area contributed by atoms with Gasteiger partial charge >= 0.3 is 13.1 Å². The van der Waals surface area contributed by atoms with Crippen LogP contribution in [0.15, 0.2) is 28.7 Å². The summed E-state index contributed by atoms with van der Waals surface area (Å²) in [7, 11) is 1.58. The number of carboxylic acid groups (broad SMARTS) is 1. The van der Waals surface area contributed by atoms with Crippen LogP contribution in [0.1, 0.15) is 21.6 Å². The van der Waals surface area contributed by atoms with Crippen LogP contribution in [0.2, 0.25) is 0 Å². The molecule has 1 aliphatic rings. The van der Waals surface area contributed by atoms with Crippen molar-refractivity contribution in [2.24, 2.45) is 5.16 Å². The molecule has 2 heterocycles. The maximum Gasteiger partial charge on any atom is 0.547 e. The van der Waals surface area contributed by atoms with E-state index in [2.05, 4.69) is 15.5 Å². The fourth-order valence-corrected chi connectivity index (χ4v) is 3.38. The second-order valence-corrected chi connectivity index (χ2v) is 7.85. The molecule has 0 unspecified atom stereocenters. The standard InChI is InChI=1S/C18H20BN5O7S/c1-24(2)13(25)7-30-23-14(11-8-32-18(20)21-11)16(26)22-12-6-9-4-3-5-10(17(27)28)15(9)31-19(12)29/h3-5,8,12,29H,6-7H2,1-2H3,(H2,20,21)(H,22,26)(H,27,28)/b23-14-/t12-/m0/s1. The topological polar surface area (TPSA) is 177 Å². The number of carboxylic acids is 1. The van der Waals surface area contributed by atoms with Crippen molar-refractivity contribution in [2.45, 2.75) is 12.4 Å². The largest absolute Gasteiger partial charge is 0.547 e. The number of hydrogen-bond donors (Lipinski definition) is 4. The zero-order chi connectivity index (χ0) is 23.4. The molecule has 2 aromatic rings. The molecule has 0 fully saturated rings. The van der Waals surface area contributed by atoms with Crippen LogP contribution >= 0.6 is 11.3 Å². The number of nitrogens with zero attached hydrogens (tertiary/aromatic N) is 3. The highest BCUT2D eigenvalue weighted by molar-refractivity contribution is 7.13. The zero-order valence-electron chi connectivity index (χ0n) is 17.1. The zero-order valence-corrected chi connectivity index (χ0v) is 18.0. The number of nitrogens with one attached hydrogen (secondary N) is 1. The van der Waals surface area contributed by atoms with Crippen LogP contribution in [0, 0.1) is 0 Å². The third-order valence-electron chi connectivity index (χ3n) is 4.49. The summed E-state index contributed by atoms with van der Waals surface area (Å²) in [6.07, 6.45) is 0.107. The Bertz CT molecular complexity index is 1070. The van der Waals surface area contributed by atoms with Crippen LogP contribution in [0.5, 0.6) is 5.75 Å². The van der Waals surface area contributed by atoms with E-state index >= 15 is 0 Å². The molecule has 32 heavy (non-hydrogen) atoms. The first-order chi connectivity index (χ1) is 15.2. The van der Waals surface area contributed by atoms with Gasteiger partial charge in [0.1, 0.15) is 11.4 Å². The number of hydrogen-bond acceptors (Lipinski definition) is 10. The number of fused-ring (bicyclic) bond motifs is 1. The summed E-state index contributed by atoms with van der Waals surface area (Å²) < 4.78 is 5.37. The quantitative estimate of drug-likeness (QED) is 0.238. The van der Waals surface area contributed by atoms with Crippen molar-refractivity contribution in [2.75, 3.05) is 26.4 Å². The number of aromatic nitrogens is 1. The number of likely N-dealkylation sites (N-methyl/N-ethyl adjacent to an activating group) is 1. The van der Waals surface area contributed by atoms with Gasteiger partial charge in [-0.15, -0.1) is 11.3 Å². The van der Waals surface area contributed by atoms with Crippen molar-refractivity contribution >= 4 is 47.1 Å². The molecule has 12 nitrogen and oxygen atoms in total. The number of nitrogen functional groups attached to an aromatic ring is 1. The fraction of sp³-hybridized carbons (Fsp3) is 0.278. The van der Waals surface area contributed by atoms with Crippen LogP contribution in [0.25, 0.3) is 0 Å². The molecule has 1 atom stereocenters. The lowest BCUT2D eigenvalue weighted by atomic mass is 9.72. The van der Waals surface area contributed by atoms with E-state index in [-0.39, 0.29) is 40.2 Å². The second-order valence-electron chi connectivity index (χ2n) is 6.96. The summed E-state index contributed by atoms with van der Waals surface area (Å²) in [4.78, 5) is 46.3. The molecule has 0 bridgehead atoms. The molecular formula is C18H20BN5O7S. The van der Waals surface area contributed by atoms with Gasteiger partial charge in [-0.25, -0.2) is 9.78 Å². The Balaban J connectivity index is 1.79. The van der Waals surface area contributed by atoms with Gasteiger partial charge in [-0.2, -0.15) is 0 Å². The van der Waals surface area contributed by atoms with E-state index < -0.39 is 31.5 Å². The van der Waals surface area contributed by atoms with Crippen LogP contribution in [-0.2, 0) is 20.8 Å². The van der Waals surface area contributed by atoms with Gasteiger partial charge in [0.25, 0.3) is 11.8 Å². The lowest BCUT2D eigenvalue weighted by Gasteiger charge is -2.28. The van der Waals surface area contributed by atoms with Crippen LogP contribution in [0.4, 0.5) is 5.13 Å². The minimum atomic E-state index is -1.51. The average molecular weight is 461 g/mol. The highest BCUT2D eigenvalue weighted by atomic mass is 32.1. The molecule has 1 aliphatic heterocycles. The third-order valence-corrected chi connectivity index (χ3v) is 5.16. The van der Waals surface area contributed by atoms with Crippen molar-refractivity contribution < 1.29 is 34.0 Å². The van der Waals surface area contributed by atoms with Crippen molar-refractivity contribution in [1.82, 2.24) is 15.2 Å². The first-order valence-corrected chi connectivity index (χ1v) is 10.2. The molecule has 0 saturated carbocycles. The predicted molar refractivity (Wildman–Crippen MR) is 115 cm³/mol. The third kappa shape index (κ3) is 5.15. The highest BCUT2D eigenvalue weighted by Crippen LogP contribution is 2.30. The number of oxime groups is 1. The number of benzene rings is 1. The monoisotopic (exact) mass is 461 g/mol. The molecule has 3 rings (SSSR count). The average Bonchev–Trinajstić information content (AvgIpc) is 3.16. The number of carbonyl (C=O) groups excluding carboxylic acids is 2. The lowest BCUT2D eigenvalue weighted by Crippen LogP contribution is -2.54. The molecule has 1 aromatic carbocycles. The predicted octanol–water partition coefficient (Wildman–Crippen LogP) is -0.628. The normalized spacial score (nSPS) is 15.4. The van der Waals surface area contributed by atoms with Gasteiger partial charge in [0.15, 0.2) is 17.5 Å². The van der Waals surface area contributed by atoms with Gasteiger partial charge in [-0.05, 0) is 18.1 Å². The Morgan fingerprint density at radius 2 is 2.19 bits per heavy atom. The van der Waals surface area contributed by atoms with E-state index in [0.717, 1.165) is 11.3 Å². The molecule has 2 amide bonds. The number of para-hydroxylation sites is 1. The molecule has 14 heteroatoms. The van der Waals surface area contributed by atoms with E-state index in [0.29, 0.717) is 5.56 Å². The Hall–Kier alpha value is -3.65. The minimum absolute atomic E-state index is 0.0460. The van der Waals surface area contributed by atoms with Gasteiger partial charge in [-0.3, -0.25) is 9.59 Å². The minimum Gasteiger partial charge on any atom is -0.534 e. The Morgan fingerprint density at radius 3 is 2.81 bits per heavy atom. The van der Waals surface area contributed by atoms with Gasteiger partial charge in [-0.1, -0.05) is 17.3 Å². The molecule has 1 aromatic heterocycles. The van der Waals surface area contributed by atoms with Crippen molar-refractivity contribution in [1.29, 1.82) is 0 Å². The summed E-state index contributed by atoms with van der Waals surface area (Å²) in [5, 5.41) is 27.7. The van der Waals surface area contributed by atoms with Gasteiger partial charge in [0.05, 0.1) is 11.5 Å².